The van der Waals surface area contributed by atoms with E-state index in [-0.39, 0.29) is 17.0 Å². The maximum Gasteiger partial charge on any atom is 0.122 e. The topological polar surface area (TPSA) is 53.0 Å². The van der Waals surface area contributed by atoms with Gasteiger partial charge in [0.25, 0.3) is 0 Å². The van der Waals surface area contributed by atoms with Crippen LogP contribution in [0.25, 0.3) is 0 Å². The van der Waals surface area contributed by atoms with Crippen LogP contribution in [0.5, 0.6) is 0 Å². The average Bonchev–Trinajstić information content (AvgIpc) is 3.65. The molecule has 2 aromatic rings. The van der Waals surface area contributed by atoms with Gasteiger partial charge in [-0.05, 0) is 87.2 Å². The van der Waals surface area contributed by atoms with Gasteiger partial charge in [0.1, 0.15) is 6.23 Å². The average molecular weight is 511 g/mol. The lowest BCUT2D eigenvalue weighted by Gasteiger charge is -2.57. The molecule has 2 aromatic heterocycles. The maximum absolute atomic E-state index is 12.2. The summed E-state index contributed by atoms with van der Waals surface area (Å²) in [6.45, 7) is 6.03. The summed E-state index contributed by atoms with van der Waals surface area (Å²) in [5.74, 6) is 2.59. The van der Waals surface area contributed by atoms with E-state index in [1.807, 2.05) is 18.8 Å². The Balaban J connectivity index is 1.16. The van der Waals surface area contributed by atoms with E-state index >= 15 is 0 Å². The molecule has 1 unspecified atom stereocenters. The van der Waals surface area contributed by atoms with Gasteiger partial charge in [0.05, 0.1) is 29.8 Å². The number of aliphatic hydroxyl groups is 1. The van der Waals surface area contributed by atoms with E-state index in [0.29, 0.717) is 29.5 Å². The van der Waals surface area contributed by atoms with Crippen molar-refractivity contribution in [2.75, 3.05) is 12.3 Å². The van der Waals surface area contributed by atoms with Crippen LogP contribution in [0.15, 0.2) is 46.0 Å². The van der Waals surface area contributed by atoms with Crippen LogP contribution in [0, 0.1) is 17.3 Å². The number of rotatable bonds is 2. The zero-order valence-electron chi connectivity index (χ0n) is 21.9. The minimum Gasteiger partial charge on any atom is -0.472 e. The summed E-state index contributed by atoms with van der Waals surface area (Å²) in [6, 6.07) is 6.21. The van der Waals surface area contributed by atoms with Crippen LogP contribution < -0.4 is 0 Å². The van der Waals surface area contributed by atoms with Gasteiger partial charge in [0, 0.05) is 47.6 Å². The van der Waals surface area contributed by atoms with E-state index < -0.39 is 0 Å². The highest BCUT2D eigenvalue weighted by atomic mass is 32.2. The van der Waals surface area contributed by atoms with E-state index in [1.165, 1.54) is 61.9 Å². The van der Waals surface area contributed by atoms with E-state index in [9.17, 15) is 5.11 Å². The summed E-state index contributed by atoms with van der Waals surface area (Å²) in [6.07, 6.45) is 18.1. The normalized spacial score (nSPS) is 45.7. The Morgan fingerprint density at radius 1 is 0.861 bits per heavy atom. The zero-order chi connectivity index (χ0) is 24.5. The number of fused-ring (bicyclic) bond motifs is 2. The summed E-state index contributed by atoms with van der Waals surface area (Å²) in [7, 11) is 0. The molecule has 5 fully saturated rings. The quantitative estimate of drug-likeness (QED) is 0.490. The molecule has 5 saturated heterocycles. The minimum atomic E-state index is -0.383. The molecule has 0 radical (unpaired) electrons. The molecule has 1 N–H and O–H groups in total. The molecule has 7 heterocycles. The number of hydrogen-bond donors (Lipinski definition) is 1. The molecule has 2 spiro atoms. The van der Waals surface area contributed by atoms with Crippen molar-refractivity contribution in [3.8, 4) is 0 Å². The second kappa shape index (κ2) is 8.93. The fraction of sp³-hybridized carbons (Fsp3) is 0.733. The third kappa shape index (κ3) is 3.69. The van der Waals surface area contributed by atoms with Crippen molar-refractivity contribution >= 4 is 11.8 Å². The minimum absolute atomic E-state index is 0.0467. The second-order valence-corrected chi connectivity index (χ2v) is 14.4. The Morgan fingerprint density at radius 2 is 1.53 bits per heavy atom. The van der Waals surface area contributed by atoms with Gasteiger partial charge >= 0.3 is 0 Å². The lowest BCUT2D eigenvalue weighted by atomic mass is 9.67. The summed E-state index contributed by atoms with van der Waals surface area (Å²) in [5, 5.41) is 12.2. The van der Waals surface area contributed by atoms with Gasteiger partial charge in [-0.1, -0.05) is 13.8 Å². The van der Waals surface area contributed by atoms with Crippen molar-refractivity contribution in [3.05, 3.63) is 48.3 Å². The lowest BCUT2D eigenvalue weighted by Crippen LogP contribution is -2.63. The number of piperidine rings is 4. The highest BCUT2D eigenvalue weighted by Crippen LogP contribution is 2.62. The van der Waals surface area contributed by atoms with Crippen molar-refractivity contribution in [1.29, 1.82) is 0 Å². The van der Waals surface area contributed by atoms with Gasteiger partial charge < -0.3 is 13.9 Å². The van der Waals surface area contributed by atoms with Crippen molar-refractivity contribution in [2.24, 2.45) is 17.3 Å². The van der Waals surface area contributed by atoms with Crippen LogP contribution >= 0.6 is 11.8 Å². The molecule has 0 aliphatic carbocycles. The molecule has 7 rings (SSSR count). The third-order valence-corrected chi connectivity index (χ3v) is 12.9. The van der Waals surface area contributed by atoms with Crippen LogP contribution in [0.1, 0.15) is 94.8 Å². The highest BCUT2D eigenvalue weighted by molar-refractivity contribution is 8.01. The van der Waals surface area contributed by atoms with Gasteiger partial charge in [-0.25, -0.2) is 0 Å². The van der Waals surface area contributed by atoms with Crippen molar-refractivity contribution in [1.82, 2.24) is 9.80 Å². The Labute approximate surface area is 220 Å². The van der Waals surface area contributed by atoms with Gasteiger partial charge in [-0.2, -0.15) is 11.8 Å². The van der Waals surface area contributed by atoms with E-state index in [2.05, 4.69) is 47.5 Å². The van der Waals surface area contributed by atoms with E-state index in [0.717, 1.165) is 25.2 Å². The summed E-state index contributed by atoms with van der Waals surface area (Å²) >= 11 is 2.11. The molecule has 0 amide bonds. The number of hydrogen-bond acceptors (Lipinski definition) is 6. The molecule has 6 heteroatoms. The lowest BCUT2D eigenvalue weighted by molar-refractivity contribution is -0.142. The fourth-order valence-electron chi connectivity index (χ4n) is 9.05. The fourth-order valence-corrected chi connectivity index (χ4v) is 10.9. The maximum atomic E-state index is 12.2. The van der Waals surface area contributed by atoms with Gasteiger partial charge in [0.2, 0.25) is 0 Å². The second-order valence-electron chi connectivity index (χ2n) is 13.0. The molecule has 9 atom stereocenters. The Hall–Kier alpha value is -1.21. The molecule has 0 aromatic carbocycles. The van der Waals surface area contributed by atoms with E-state index in [1.54, 1.807) is 6.26 Å². The number of furan rings is 2. The van der Waals surface area contributed by atoms with Crippen molar-refractivity contribution in [3.63, 3.8) is 0 Å². The molecule has 5 nitrogen and oxygen atoms in total. The number of thioether (sulfide) groups is 1. The number of aliphatic hydroxyl groups excluding tert-OH is 1. The Morgan fingerprint density at radius 3 is 2.25 bits per heavy atom. The van der Waals surface area contributed by atoms with Gasteiger partial charge in [-0.3, -0.25) is 9.80 Å². The molecule has 36 heavy (non-hydrogen) atoms. The molecule has 196 valence electrons. The summed E-state index contributed by atoms with van der Waals surface area (Å²) in [4.78, 5) is 5.38. The van der Waals surface area contributed by atoms with E-state index in [4.69, 9.17) is 8.83 Å². The van der Waals surface area contributed by atoms with Crippen molar-refractivity contribution in [2.45, 2.75) is 107 Å². The zero-order valence-corrected chi connectivity index (χ0v) is 22.7. The highest BCUT2D eigenvalue weighted by Gasteiger charge is 2.60. The molecular weight excluding hydrogens is 468 g/mol. The largest absolute Gasteiger partial charge is 0.472 e. The monoisotopic (exact) mass is 510 g/mol. The van der Waals surface area contributed by atoms with Gasteiger partial charge in [-0.15, -0.1) is 0 Å². The first-order chi connectivity index (χ1) is 17.5. The van der Waals surface area contributed by atoms with Crippen molar-refractivity contribution < 1.29 is 13.9 Å². The first kappa shape index (κ1) is 23.9. The Kier molecular flexibility index (Phi) is 5.92. The Bertz CT molecular complexity index is 1040. The first-order valence-electron chi connectivity index (χ1n) is 14.4. The standard InChI is InChI=1S/C30H42N2O3S/c1-20-3-5-26(22-9-13-34-15-22)31-18-29(11-7-24(20)31)17-30(36-19-29)12-8-25-21(2)4-6-27(32(25)28(30)33)23-10-14-35-16-23/h9-10,13-16,20-21,24-28,33H,3-8,11-12,17-19H2,1-2H3/t20-,21-,24+,25+,26+,27+,28?,29+,30-/m1/s1. The SMILES string of the molecule is C[C@@H]1CC[C@@H](c2ccoc2)N2C[C@@]3(CC[C@@H]12)CS[C@]1(CC[C@H]2[C@H](C)CC[C@@H](c4ccoc4)N2C1O)C3. The van der Waals surface area contributed by atoms with Crippen LogP contribution in [0.2, 0.25) is 0 Å². The number of nitrogens with zero attached hydrogens (tertiary/aromatic N) is 2. The molecule has 0 saturated carbocycles. The first-order valence-corrected chi connectivity index (χ1v) is 15.4. The van der Waals surface area contributed by atoms with Crippen LogP contribution in [-0.4, -0.2) is 50.3 Å². The smallest absolute Gasteiger partial charge is 0.122 e. The molecule has 0 bridgehead atoms. The third-order valence-electron chi connectivity index (χ3n) is 11.0. The summed E-state index contributed by atoms with van der Waals surface area (Å²) < 4.78 is 11.0. The predicted octanol–water partition coefficient (Wildman–Crippen LogP) is 6.62. The van der Waals surface area contributed by atoms with Crippen LogP contribution in [0.3, 0.4) is 0 Å². The van der Waals surface area contributed by atoms with Crippen LogP contribution in [-0.2, 0) is 0 Å². The summed E-state index contributed by atoms with van der Waals surface area (Å²) in [5.41, 5.74) is 2.90. The van der Waals surface area contributed by atoms with Gasteiger partial charge in [0.15, 0.2) is 0 Å². The molecule has 5 aliphatic rings. The predicted molar refractivity (Wildman–Crippen MR) is 143 cm³/mol. The van der Waals surface area contributed by atoms with Crippen LogP contribution in [0.4, 0.5) is 0 Å². The molecule has 5 aliphatic heterocycles. The molecular formula is C30H42N2O3S.